The molecule has 1 atom stereocenters. The summed E-state index contributed by atoms with van der Waals surface area (Å²) in [5.41, 5.74) is 1.17. The van der Waals surface area contributed by atoms with Crippen LogP contribution in [0.2, 0.25) is 0 Å². The number of ether oxygens (including phenoxy) is 2. The summed E-state index contributed by atoms with van der Waals surface area (Å²) in [5, 5.41) is 2.54. The first-order valence-corrected chi connectivity index (χ1v) is 8.43. The van der Waals surface area contributed by atoms with E-state index in [0.717, 1.165) is 5.56 Å². The molecule has 2 rings (SSSR count). The van der Waals surface area contributed by atoms with Crippen LogP contribution < -0.4 is 5.32 Å². The number of amides is 1. The van der Waals surface area contributed by atoms with Gasteiger partial charge in [-0.15, -0.1) is 0 Å². The highest BCUT2D eigenvalue weighted by Gasteiger charge is 2.26. The number of rotatable bonds is 9. The van der Waals surface area contributed by atoms with Gasteiger partial charge in [-0.05, 0) is 17.7 Å². The molecule has 1 amide bonds. The van der Waals surface area contributed by atoms with Crippen LogP contribution in [0, 0.1) is 0 Å². The molecule has 0 unspecified atom stereocenters. The summed E-state index contributed by atoms with van der Waals surface area (Å²) >= 11 is 0. The van der Waals surface area contributed by atoms with E-state index in [1.54, 1.807) is 30.3 Å². The van der Waals surface area contributed by atoms with E-state index in [2.05, 4.69) is 11.9 Å². The standard InChI is InChI=1S/C21H21NO5/c1-2-13-26-19(23)14-18(22-20(24)17-11-7-4-8-12-17)21(25)27-15-16-9-5-3-6-10-16/h2-12,18H,1,13-15H2,(H,22,24)/t18-/m0/s1. The van der Waals surface area contributed by atoms with Crippen molar-refractivity contribution in [3.8, 4) is 0 Å². The smallest absolute Gasteiger partial charge is 0.329 e. The van der Waals surface area contributed by atoms with Crippen LogP contribution in [0.4, 0.5) is 0 Å². The van der Waals surface area contributed by atoms with Crippen molar-refractivity contribution in [2.75, 3.05) is 6.61 Å². The van der Waals surface area contributed by atoms with Crippen LogP contribution >= 0.6 is 0 Å². The molecule has 0 heterocycles. The zero-order chi connectivity index (χ0) is 19.5. The maximum absolute atomic E-state index is 12.4. The van der Waals surface area contributed by atoms with Crippen molar-refractivity contribution in [3.05, 3.63) is 84.4 Å². The van der Waals surface area contributed by atoms with Gasteiger partial charge in [0.15, 0.2) is 0 Å². The predicted octanol–water partition coefficient (Wildman–Crippen LogP) is 2.65. The highest BCUT2D eigenvalue weighted by atomic mass is 16.5. The summed E-state index contributed by atoms with van der Waals surface area (Å²) in [7, 11) is 0. The lowest BCUT2D eigenvalue weighted by Crippen LogP contribution is -2.43. The highest BCUT2D eigenvalue weighted by Crippen LogP contribution is 2.06. The molecule has 0 fully saturated rings. The van der Waals surface area contributed by atoms with E-state index < -0.39 is 23.9 Å². The van der Waals surface area contributed by atoms with E-state index in [1.807, 2.05) is 30.3 Å². The summed E-state index contributed by atoms with van der Waals surface area (Å²) < 4.78 is 10.2. The zero-order valence-corrected chi connectivity index (χ0v) is 14.8. The fourth-order valence-corrected chi connectivity index (χ4v) is 2.23. The molecule has 0 aliphatic carbocycles. The molecule has 2 aromatic carbocycles. The van der Waals surface area contributed by atoms with E-state index in [9.17, 15) is 14.4 Å². The Morgan fingerprint density at radius 1 is 0.963 bits per heavy atom. The fourth-order valence-electron chi connectivity index (χ4n) is 2.23. The Labute approximate surface area is 157 Å². The average Bonchev–Trinajstić information content (AvgIpc) is 2.71. The predicted molar refractivity (Wildman–Crippen MR) is 99.7 cm³/mol. The topological polar surface area (TPSA) is 81.7 Å². The lowest BCUT2D eigenvalue weighted by Gasteiger charge is -2.17. The van der Waals surface area contributed by atoms with Gasteiger partial charge in [0.05, 0.1) is 6.42 Å². The summed E-state index contributed by atoms with van der Waals surface area (Å²) in [6.45, 7) is 3.53. The van der Waals surface area contributed by atoms with E-state index in [1.165, 1.54) is 6.08 Å². The maximum Gasteiger partial charge on any atom is 0.329 e. The second-order valence-corrected chi connectivity index (χ2v) is 5.66. The quantitative estimate of drug-likeness (QED) is 0.544. The Bertz CT molecular complexity index is 774. The van der Waals surface area contributed by atoms with Crippen LogP contribution in [0.25, 0.3) is 0 Å². The molecule has 0 radical (unpaired) electrons. The molecule has 0 aliphatic rings. The van der Waals surface area contributed by atoms with Gasteiger partial charge < -0.3 is 14.8 Å². The van der Waals surface area contributed by atoms with Crippen molar-refractivity contribution in [3.63, 3.8) is 0 Å². The second kappa shape index (κ2) is 10.6. The lowest BCUT2D eigenvalue weighted by atomic mass is 10.1. The number of benzene rings is 2. The number of hydrogen-bond acceptors (Lipinski definition) is 5. The maximum atomic E-state index is 12.4. The molecule has 6 nitrogen and oxygen atoms in total. The van der Waals surface area contributed by atoms with Gasteiger partial charge in [0.2, 0.25) is 0 Å². The van der Waals surface area contributed by atoms with Gasteiger partial charge in [-0.3, -0.25) is 9.59 Å². The Morgan fingerprint density at radius 3 is 2.22 bits per heavy atom. The summed E-state index contributed by atoms with van der Waals surface area (Å²) in [4.78, 5) is 36.6. The third kappa shape index (κ3) is 6.78. The van der Waals surface area contributed by atoms with Crippen molar-refractivity contribution < 1.29 is 23.9 Å². The van der Waals surface area contributed by atoms with Crippen LogP contribution in [-0.2, 0) is 25.7 Å². The SMILES string of the molecule is C=CCOC(=O)C[C@H](NC(=O)c1ccccc1)C(=O)OCc1ccccc1. The summed E-state index contributed by atoms with van der Waals surface area (Å²) in [6, 6.07) is 16.4. The zero-order valence-electron chi connectivity index (χ0n) is 14.8. The molecule has 0 aromatic heterocycles. The Hall–Kier alpha value is -3.41. The number of nitrogens with one attached hydrogen (secondary N) is 1. The first kappa shape index (κ1) is 19.9. The molecule has 0 bridgehead atoms. The van der Waals surface area contributed by atoms with Crippen LogP contribution in [-0.4, -0.2) is 30.5 Å². The molecule has 1 N–H and O–H groups in total. The average molecular weight is 367 g/mol. The minimum atomic E-state index is -1.15. The van der Waals surface area contributed by atoms with Crippen molar-refractivity contribution in [1.82, 2.24) is 5.32 Å². The van der Waals surface area contributed by atoms with Crippen LogP contribution in [0.15, 0.2) is 73.3 Å². The first-order chi connectivity index (χ1) is 13.1. The highest BCUT2D eigenvalue weighted by molar-refractivity contribution is 5.97. The van der Waals surface area contributed by atoms with E-state index in [4.69, 9.17) is 9.47 Å². The molecule has 0 aliphatic heterocycles. The van der Waals surface area contributed by atoms with Crippen LogP contribution in [0.1, 0.15) is 22.3 Å². The third-order valence-electron chi connectivity index (χ3n) is 3.58. The molecule has 0 saturated heterocycles. The van der Waals surface area contributed by atoms with Gasteiger partial charge >= 0.3 is 11.9 Å². The Balaban J connectivity index is 2.03. The number of carbonyl (C=O) groups excluding carboxylic acids is 3. The van der Waals surface area contributed by atoms with Crippen molar-refractivity contribution in [1.29, 1.82) is 0 Å². The molecular weight excluding hydrogens is 346 g/mol. The molecule has 140 valence electrons. The van der Waals surface area contributed by atoms with Gasteiger partial charge in [-0.25, -0.2) is 4.79 Å². The largest absolute Gasteiger partial charge is 0.461 e. The summed E-state index contributed by atoms with van der Waals surface area (Å²) in [5.74, 6) is -1.82. The minimum absolute atomic E-state index is 0.0250. The van der Waals surface area contributed by atoms with Crippen molar-refractivity contribution in [2.24, 2.45) is 0 Å². The molecule has 6 heteroatoms. The Morgan fingerprint density at radius 2 is 1.59 bits per heavy atom. The van der Waals surface area contributed by atoms with Crippen molar-refractivity contribution in [2.45, 2.75) is 19.1 Å². The van der Waals surface area contributed by atoms with E-state index in [-0.39, 0.29) is 19.6 Å². The van der Waals surface area contributed by atoms with Crippen molar-refractivity contribution >= 4 is 17.8 Å². The fraction of sp³-hybridized carbons (Fsp3) is 0.190. The molecule has 0 saturated carbocycles. The lowest BCUT2D eigenvalue weighted by molar-refractivity contribution is -0.152. The minimum Gasteiger partial charge on any atom is -0.461 e. The molecule has 0 spiro atoms. The normalized spacial score (nSPS) is 11.1. The molecule has 27 heavy (non-hydrogen) atoms. The first-order valence-electron chi connectivity index (χ1n) is 8.43. The van der Waals surface area contributed by atoms with Gasteiger partial charge in [0, 0.05) is 5.56 Å². The third-order valence-corrected chi connectivity index (χ3v) is 3.58. The van der Waals surface area contributed by atoms with Gasteiger partial charge in [0.25, 0.3) is 5.91 Å². The number of hydrogen-bond donors (Lipinski definition) is 1. The van der Waals surface area contributed by atoms with E-state index in [0.29, 0.717) is 5.56 Å². The second-order valence-electron chi connectivity index (χ2n) is 5.66. The molecule has 2 aromatic rings. The number of esters is 2. The number of carbonyl (C=O) groups is 3. The van der Waals surface area contributed by atoms with Crippen LogP contribution in [0.3, 0.4) is 0 Å². The molecular formula is C21H21NO5. The van der Waals surface area contributed by atoms with Gasteiger partial charge in [0.1, 0.15) is 19.3 Å². The Kier molecular flexibility index (Phi) is 7.78. The van der Waals surface area contributed by atoms with E-state index >= 15 is 0 Å². The van der Waals surface area contributed by atoms with Gasteiger partial charge in [-0.2, -0.15) is 0 Å². The van der Waals surface area contributed by atoms with Gasteiger partial charge in [-0.1, -0.05) is 61.2 Å². The summed E-state index contributed by atoms with van der Waals surface area (Å²) in [6.07, 6.45) is 1.09. The van der Waals surface area contributed by atoms with Crippen LogP contribution in [0.5, 0.6) is 0 Å². The monoisotopic (exact) mass is 367 g/mol.